The second kappa shape index (κ2) is 6.77. The lowest BCUT2D eigenvalue weighted by Crippen LogP contribution is -2.51. The van der Waals surface area contributed by atoms with Crippen LogP contribution in [0.4, 0.5) is 0 Å². The summed E-state index contributed by atoms with van der Waals surface area (Å²) in [6.07, 6.45) is 0.610. The fraction of sp³-hybridized carbons (Fsp3) is 0.647. The molecule has 3 unspecified atom stereocenters. The van der Waals surface area contributed by atoms with E-state index < -0.39 is 6.10 Å². The van der Waals surface area contributed by atoms with Gasteiger partial charge in [0.1, 0.15) is 18.5 Å². The number of aryl methyl sites for hydroxylation is 2. The van der Waals surface area contributed by atoms with Crippen LogP contribution >= 0.6 is 0 Å². The van der Waals surface area contributed by atoms with Crippen molar-refractivity contribution in [1.29, 1.82) is 0 Å². The van der Waals surface area contributed by atoms with E-state index in [1.807, 2.05) is 26.0 Å². The van der Waals surface area contributed by atoms with Gasteiger partial charge in [0.15, 0.2) is 0 Å². The van der Waals surface area contributed by atoms with Crippen molar-refractivity contribution in [2.24, 2.45) is 0 Å². The van der Waals surface area contributed by atoms with E-state index in [-0.39, 0.29) is 11.6 Å². The molecule has 1 aromatic rings. The van der Waals surface area contributed by atoms with Crippen molar-refractivity contribution in [3.63, 3.8) is 0 Å². The number of hydrogen-bond donors (Lipinski definition) is 2. The van der Waals surface area contributed by atoms with Crippen LogP contribution in [-0.4, -0.2) is 42.6 Å². The molecule has 0 aromatic heterocycles. The van der Waals surface area contributed by atoms with Gasteiger partial charge in [-0.3, -0.25) is 0 Å². The Hall–Kier alpha value is -1.10. The van der Waals surface area contributed by atoms with Crippen LogP contribution in [0.2, 0.25) is 0 Å². The Labute approximate surface area is 127 Å². The van der Waals surface area contributed by atoms with E-state index in [1.54, 1.807) is 0 Å². The largest absolute Gasteiger partial charge is 0.491 e. The van der Waals surface area contributed by atoms with Crippen molar-refractivity contribution in [1.82, 2.24) is 5.32 Å². The molecule has 0 saturated carbocycles. The molecule has 4 heteroatoms. The van der Waals surface area contributed by atoms with E-state index in [2.05, 4.69) is 25.2 Å². The maximum atomic E-state index is 10.1. The van der Waals surface area contributed by atoms with Gasteiger partial charge in [0.2, 0.25) is 0 Å². The summed E-state index contributed by atoms with van der Waals surface area (Å²) in [6.45, 7) is 9.87. The first kappa shape index (κ1) is 16.3. The zero-order valence-corrected chi connectivity index (χ0v) is 13.5. The molecule has 21 heavy (non-hydrogen) atoms. The summed E-state index contributed by atoms with van der Waals surface area (Å²) < 4.78 is 11.3. The summed E-state index contributed by atoms with van der Waals surface area (Å²) in [6, 6.07) is 6.08. The topological polar surface area (TPSA) is 50.7 Å². The highest BCUT2D eigenvalue weighted by Crippen LogP contribution is 2.24. The van der Waals surface area contributed by atoms with Crippen LogP contribution in [0.3, 0.4) is 0 Å². The number of nitrogens with one attached hydrogen (secondary N) is 1. The van der Waals surface area contributed by atoms with Gasteiger partial charge in [0.25, 0.3) is 0 Å². The Morgan fingerprint density at radius 2 is 2.05 bits per heavy atom. The number of β-amino-alcohol motifs (C(OH)–C–C–N with tert-alkyl or cyclic N) is 1. The third-order valence-corrected chi connectivity index (χ3v) is 4.27. The average Bonchev–Trinajstić information content (AvgIpc) is 2.74. The summed E-state index contributed by atoms with van der Waals surface area (Å²) in [5, 5.41) is 13.5. The maximum absolute atomic E-state index is 10.1. The lowest BCUT2D eigenvalue weighted by Gasteiger charge is -2.30. The smallest absolute Gasteiger partial charge is 0.119 e. The molecule has 1 fully saturated rings. The molecule has 118 valence electrons. The predicted molar refractivity (Wildman–Crippen MR) is 83.9 cm³/mol. The average molecular weight is 293 g/mol. The first-order chi connectivity index (χ1) is 9.89. The van der Waals surface area contributed by atoms with Crippen molar-refractivity contribution < 1.29 is 14.6 Å². The molecule has 1 heterocycles. The van der Waals surface area contributed by atoms with Gasteiger partial charge in [-0.15, -0.1) is 0 Å². The van der Waals surface area contributed by atoms with Crippen LogP contribution < -0.4 is 10.1 Å². The van der Waals surface area contributed by atoms with Gasteiger partial charge in [-0.05, 0) is 57.4 Å². The molecule has 1 saturated heterocycles. The highest BCUT2D eigenvalue weighted by molar-refractivity contribution is 5.32. The number of ether oxygens (including phenoxy) is 2. The Morgan fingerprint density at radius 1 is 1.38 bits per heavy atom. The predicted octanol–water partition coefficient (Wildman–Crippen LogP) is 2.20. The molecule has 0 aliphatic carbocycles. The standard InChI is InChI=1S/C17H27NO3/c1-12-7-13(2)9-16(8-12)21-11-15(19)10-18-17(4)5-6-20-14(17)3/h7-9,14-15,18-19H,5-6,10-11H2,1-4H3. The first-order valence-electron chi connectivity index (χ1n) is 7.65. The fourth-order valence-corrected chi connectivity index (χ4v) is 2.69. The molecule has 0 bridgehead atoms. The second-order valence-corrected chi connectivity index (χ2v) is 6.35. The molecular weight excluding hydrogens is 266 g/mol. The number of benzene rings is 1. The van der Waals surface area contributed by atoms with E-state index in [0.29, 0.717) is 13.2 Å². The van der Waals surface area contributed by atoms with Gasteiger partial charge in [-0.2, -0.15) is 0 Å². The number of hydrogen-bond acceptors (Lipinski definition) is 4. The van der Waals surface area contributed by atoms with Gasteiger partial charge in [0, 0.05) is 18.7 Å². The third-order valence-electron chi connectivity index (χ3n) is 4.27. The van der Waals surface area contributed by atoms with E-state index in [1.165, 1.54) is 11.1 Å². The Balaban J connectivity index is 1.78. The molecular formula is C17H27NO3. The quantitative estimate of drug-likeness (QED) is 0.844. The van der Waals surface area contributed by atoms with Crippen molar-refractivity contribution in [2.45, 2.75) is 51.9 Å². The van der Waals surface area contributed by atoms with Crippen molar-refractivity contribution >= 4 is 0 Å². The summed E-state index contributed by atoms with van der Waals surface area (Å²) in [5.74, 6) is 0.815. The normalized spacial score (nSPS) is 26.8. The van der Waals surface area contributed by atoms with Gasteiger partial charge in [-0.25, -0.2) is 0 Å². The lowest BCUT2D eigenvalue weighted by atomic mass is 9.94. The zero-order valence-electron chi connectivity index (χ0n) is 13.5. The molecule has 0 amide bonds. The zero-order chi connectivity index (χ0) is 15.5. The third kappa shape index (κ3) is 4.43. The molecule has 1 aromatic carbocycles. The minimum absolute atomic E-state index is 0.0547. The Morgan fingerprint density at radius 3 is 2.62 bits per heavy atom. The monoisotopic (exact) mass is 293 g/mol. The van der Waals surface area contributed by atoms with Crippen molar-refractivity contribution in [3.05, 3.63) is 29.3 Å². The van der Waals surface area contributed by atoms with Gasteiger partial charge < -0.3 is 19.9 Å². The summed E-state index contributed by atoms with van der Waals surface area (Å²) >= 11 is 0. The van der Waals surface area contributed by atoms with E-state index in [0.717, 1.165) is 18.8 Å². The van der Waals surface area contributed by atoms with Crippen molar-refractivity contribution in [3.8, 4) is 5.75 Å². The molecule has 3 atom stereocenters. The van der Waals surface area contributed by atoms with E-state index in [4.69, 9.17) is 9.47 Å². The molecule has 0 spiro atoms. The van der Waals surface area contributed by atoms with Crippen LogP contribution in [0.5, 0.6) is 5.75 Å². The van der Waals surface area contributed by atoms with E-state index in [9.17, 15) is 5.11 Å². The van der Waals surface area contributed by atoms with E-state index >= 15 is 0 Å². The van der Waals surface area contributed by atoms with Crippen LogP contribution in [-0.2, 0) is 4.74 Å². The van der Waals surface area contributed by atoms with Crippen LogP contribution in [0.15, 0.2) is 18.2 Å². The van der Waals surface area contributed by atoms with Gasteiger partial charge in [0.05, 0.1) is 6.10 Å². The molecule has 2 rings (SSSR count). The molecule has 0 radical (unpaired) electrons. The Bertz CT molecular complexity index is 457. The highest BCUT2D eigenvalue weighted by atomic mass is 16.5. The first-order valence-corrected chi connectivity index (χ1v) is 7.65. The minimum atomic E-state index is -0.532. The minimum Gasteiger partial charge on any atom is -0.491 e. The fourth-order valence-electron chi connectivity index (χ4n) is 2.69. The molecule has 1 aliphatic heterocycles. The van der Waals surface area contributed by atoms with Gasteiger partial charge >= 0.3 is 0 Å². The summed E-state index contributed by atoms with van der Waals surface area (Å²) in [5.41, 5.74) is 2.28. The SMILES string of the molecule is Cc1cc(C)cc(OCC(O)CNC2(C)CCOC2C)c1. The maximum Gasteiger partial charge on any atom is 0.119 e. The van der Waals surface area contributed by atoms with Crippen molar-refractivity contribution in [2.75, 3.05) is 19.8 Å². The highest BCUT2D eigenvalue weighted by Gasteiger charge is 2.36. The molecule has 2 N–H and O–H groups in total. The number of aliphatic hydroxyl groups is 1. The number of aliphatic hydroxyl groups excluding tert-OH is 1. The Kier molecular flexibility index (Phi) is 5.25. The van der Waals surface area contributed by atoms with Crippen LogP contribution in [0.25, 0.3) is 0 Å². The molecule has 1 aliphatic rings. The number of rotatable bonds is 6. The van der Waals surface area contributed by atoms with Crippen LogP contribution in [0.1, 0.15) is 31.4 Å². The van der Waals surface area contributed by atoms with Crippen LogP contribution in [0, 0.1) is 13.8 Å². The second-order valence-electron chi connectivity index (χ2n) is 6.35. The lowest BCUT2D eigenvalue weighted by molar-refractivity contribution is 0.0686. The summed E-state index contributed by atoms with van der Waals surface area (Å²) in [7, 11) is 0. The summed E-state index contributed by atoms with van der Waals surface area (Å²) in [4.78, 5) is 0. The molecule has 4 nitrogen and oxygen atoms in total. The van der Waals surface area contributed by atoms with Gasteiger partial charge in [-0.1, -0.05) is 6.07 Å².